The van der Waals surface area contributed by atoms with E-state index < -0.39 is 11.9 Å². The number of rotatable bonds is 3. The van der Waals surface area contributed by atoms with Gasteiger partial charge in [0, 0.05) is 5.56 Å². The Morgan fingerprint density at radius 1 is 1.32 bits per heavy atom. The summed E-state index contributed by atoms with van der Waals surface area (Å²) in [4.78, 5) is 22.6. The number of aryl methyl sites for hydroxylation is 1. The van der Waals surface area contributed by atoms with Crippen LogP contribution in [-0.2, 0) is 0 Å². The van der Waals surface area contributed by atoms with Gasteiger partial charge in [-0.15, -0.1) is 0 Å². The molecule has 0 fully saturated rings. The predicted octanol–water partition coefficient (Wildman–Crippen LogP) is 3.19. The molecule has 98 valence electrons. The molecule has 1 heterocycles. The molecule has 0 aliphatic heterocycles. The number of furan rings is 1. The van der Waals surface area contributed by atoms with Crippen LogP contribution in [0, 0.1) is 6.92 Å². The van der Waals surface area contributed by atoms with Crippen LogP contribution in [-0.4, -0.2) is 17.0 Å². The summed E-state index contributed by atoms with van der Waals surface area (Å²) in [6, 6.07) is 5.74. The van der Waals surface area contributed by atoms with Crippen molar-refractivity contribution >= 4 is 29.2 Å². The normalized spacial score (nSPS) is 10.2. The third-order valence-electron chi connectivity index (χ3n) is 2.53. The number of amides is 1. The number of carbonyl (C=O) groups excluding carboxylic acids is 1. The molecule has 0 unspecified atom stereocenters. The van der Waals surface area contributed by atoms with Crippen LogP contribution in [0.15, 0.2) is 34.9 Å². The lowest BCUT2D eigenvalue weighted by molar-refractivity contribution is 0.0696. The van der Waals surface area contributed by atoms with E-state index in [1.54, 1.807) is 13.0 Å². The molecule has 0 saturated carbocycles. The third kappa shape index (κ3) is 2.77. The van der Waals surface area contributed by atoms with Crippen LogP contribution in [0.4, 0.5) is 5.69 Å². The van der Waals surface area contributed by atoms with Gasteiger partial charge < -0.3 is 14.8 Å². The molecule has 1 aromatic carbocycles. The summed E-state index contributed by atoms with van der Waals surface area (Å²) >= 11 is 5.91. The third-order valence-corrected chi connectivity index (χ3v) is 2.85. The second kappa shape index (κ2) is 5.16. The van der Waals surface area contributed by atoms with Gasteiger partial charge in [0.25, 0.3) is 5.91 Å². The number of carbonyl (C=O) groups is 2. The smallest absolute Gasteiger partial charge is 0.335 e. The van der Waals surface area contributed by atoms with Crippen LogP contribution < -0.4 is 5.32 Å². The molecule has 0 saturated heterocycles. The van der Waals surface area contributed by atoms with Gasteiger partial charge >= 0.3 is 5.97 Å². The number of hydrogen-bond acceptors (Lipinski definition) is 3. The molecular formula is C13H10ClNO4. The zero-order chi connectivity index (χ0) is 14.0. The number of carboxylic acid groups (broad SMARTS) is 1. The molecule has 19 heavy (non-hydrogen) atoms. The van der Waals surface area contributed by atoms with Crippen molar-refractivity contribution in [2.45, 2.75) is 6.92 Å². The highest BCUT2D eigenvalue weighted by atomic mass is 35.5. The van der Waals surface area contributed by atoms with Crippen molar-refractivity contribution in [2.24, 2.45) is 0 Å². The Balaban J connectivity index is 2.23. The molecule has 0 spiro atoms. The van der Waals surface area contributed by atoms with Gasteiger partial charge in [-0.1, -0.05) is 11.6 Å². The maximum absolute atomic E-state index is 11.9. The van der Waals surface area contributed by atoms with Crippen LogP contribution >= 0.6 is 11.6 Å². The number of aromatic carboxylic acids is 1. The Kier molecular flexibility index (Phi) is 3.57. The van der Waals surface area contributed by atoms with Crippen molar-refractivity contribution in [1.29, 1.82) is 0 Å². The fourth-order valence-electron chi connectivity index (χ4n) is 1.53. The van der Waals surface area contributed by atoms with E-state index >= 15 is 0 Å². The standard InChI is InChI=1S/C13H10ClNO4/c1-7-4-5-19-11(7)12(16)15-10-3-2-8(13(17)18)6-9(10)14/h2-6H,1H3,(H,15,16)(H,17,18). The molecule has 1 aromatic heterocycles. The first-order chi connectivity index (χ1) is 8.99. The fraction of sp³-hybridized carbons (Fsp3) is 0.0769. The SMILES string of the molecule is Cc1ccoc1C(=O)Nc1ccc(C(=O)O)cc1Cl. The lowest BCUT2D eigenvalue weighted by atomic mass is 10.2. The Morgan fingerprint density at radius 2 is 2.05 bits per heavy atom. The maximum atomic E-state index is 11.9. The van der Waals surface area contributed by atoms with E-state index in [-0.39, 0.29) is 16.3 Å². The van der Waals surface area contributed by atoms with Crippen LogP contribution in [0.25, 0.3) is 0 Å². The minimum absolute atomic E-state index is 0.0529. The minimum atomic E-state index is -1.08. The summed E-state index contributed by atoms with van der Waals surface area (Å²) in [5.41, 5.74) is 1.08. The topological polar surface area (TPSA) is 79.5 Å². The van der Waals surface area contributed by atoms with Crippen molar-refractivity contribution in [3.63, 3.8) is 0 Å². The van der Waals surface area contributed by atoms with Gasteiger partial charge in [-0.3, -0.25) is 4.79 Å². The van der Waals surface area contributed by atoms with E-state index in [0.29, 0.717) is 11.3 Å². The molecule has 0 bridgehead atoms. The Labute approximate surface area is 113 Å². The van der Waals surface area contributed by atoms with Crippen LogP contribution in [0.5, 0.6) is 0 Å². The monoisotopic (exact) mass is 279 g/mol. The first kappa shape index (κ1) is 13.2. The van der Waals surface area contributed by atoms with Crippen LogP contribution in [0.2, 0.25) is 5.02 Å². The molecule has 2 N–H and O–H groups in total. The largest absolute Gasteiger partial charge is 0.478 e. The second-order valence-corrected chi connectivity index (χ2v) is 4.29. The molecule has 0 aliphatic rings. The van der Waals surface area contributed by atoms with E-state index in [1.165, 1.54) is 24.5 Å². The molecular weight excluding hydrogens is 270 g/mol. The van der Waals surface area contributed by atoms with E-state index in [1.807, 2.05) is 0 Å². The first-order valence-electron chi connectivity index (χ1n) is 5.37. The summed E-state index contributed by atoms with van der Waals surface area (Å²) in [5.74, 6) is -1.33. The average molecular weight is 280 g/mol. The van der Waals surface area contributed by atoms with Crippen LogP contribution in [0.1, 0.15) is 26.5 Å². The van der Waals surface area contributed by atoms with Crippen molar-refractivity contribution in [3.05, 3.63) is 52.4 Å². The predicted molar refractivity (Wildman–Crippen MR) is 69.8 cm³/mol. The average Bonchev–Trinajstić information content (AvgIpc) is 2.77. The number of halogens is 1. The zero-order valence-corrected chi connectivity index (χ0v) is 10.7. The van der Waals surface area contributed by atoms with Gasteiger partial charge in [0.2, 0.25) is 0 Å². The van der Waals surface area contributed by atoms with Crippen molar-refractivity contribution < 1.29 is 19.1 Å². The zero-order valence-electron chi connectivity index (χ0n) is 9.94. The van der Waals surface area contributed by atoms with Gasteiger partial charge in [-0.05, 0) is 31.2 Å². The number of carboxylic acids is 1. The molecule has 0 atom stereocenters. The summed E-state index contributed by atoms with van der Waals surface area (Å²) in [6.07, 6.45) is 1.42. The molecule has 0 aliphatic carbocycles. The molecule has 6 heteroatoms. The Bertz CT molecular complexity index is 648. The highest BCUT2D eigenvalue weighted by Gasteiger charge is 2.15. The highest BCUT2D eigenvalue weighted by molar-refractivity contribution is 6.34. The van der Waals surface area contributed by atoms with Gasteiger partial charge in [0.15, 0.2) is 5.76 Å². The van der Waals surface area contributed by atoms with Crippen LogP contribution in [0.3, 0.4) is 0 Å². The fourth-order valence-corrected chi connectivity index (χ4v) is 1.76. The summed E-state index contributed by atoms with van der Waals surface area (Å²) in [7, 11) is 0. The van der Waals surface area contributed by atoms with E-state index in [0.717, 1.165) is 0 Å². The van der Waals surface area contributed by atoms with Gasteiger partial charge in [-0.25, -0.2) is 4.79 Å². The van der Waals surface area contributed by atoms with Crippen molar-refractivity contribution in [3.8, 4) is 0 Å². The summed E-state index contributed by atoms with van der Waals surface area (Å²) < 4.78 is 5.05. The first-order valence-corrected chi connectivity index (χ1v) is 5.75. The Morgan fingerprint density at radius 3 is 2.58 bits per heavy atom. The highest BCUT2D eigenvalue weighted by Crippen LogP contribution is 2.24. The maximum Gasteiger partial charge on any atom is 0.335 e. The van der Waals surface area contributed by atoms with Crippen molar-refractivity contribution in [1.82, 2.24) is 0 Å². The summed E-state index contributed by atoms with van der Waals surface area (Å²) in [5, 5.41) is 11.5. The number of hydrogen-bond donors (Lipinski definition) is 2. The van der Waals surface area contributed by atoms with Gasteiger partial charge in [0.1, 0.15) is 0 Å². The minimum Gasteiger partial charge on any atom is -0.478 e. The van der Waals surface area contributed by atoms with Crippen molar-refractivity contribution in [2.75, 3.05) is 5.32 Å². The molecule has 2 aromatic rings. The molecule has 1 amide bonds. The van der Waals surface area contributed by atoms with E-state index in [4.69, 9.17) is 21.1 Å². The van der Waals surface area contributed by atoms with E-state index in [9.17, 15) is 9.59 Å². The number of benzene rings is 1. The lowest BCUT2D eigenvalue weighted by Crippen LogP contribution is -2.12. The molecule has 2 rings (SSSR count). The van der Waals surface area contributed by atoms with E-state index in [2.05, 4.69) is 5.32 Å². The summed E-state index contributed by atoms with van der Waals surface area (Å²) in [6.45, 7) is 1.74. The molecule has 0 radical (unpaired) electrons. The number of anilines is 1. The molecule has 5 nitrogen and oxygen atoms in total. The second-order valence-electron chi connectivity index (χ2n) is 3.89. The van der Waals surface area contributed by atoms with Gasteiger partial charge in [-0.2, -0.15) is 0 Å². The quantitative estimate of drug-likeness (QED) is 0.904. The lowest BCUT2D eigenvalue weighted by Gasteiger charge is -2.07. The number of nitrogens with one attached hydrogen (secondary N) is 1. The van der Waals surface area contributed by atoms with Gasteiger partial charge in [0.05, 0.1) is 22.5 Å². The Hall–Kier alpha value is -2.27.